The SMILES string of the molecule is CN=C(NCCC(=O)NCc1ccccc1)N1CCC(C)CC1. The maximum Gasteiger partial charge on any atom is 0.222 e. The van der Waals surface area contributed by atoms with Gasteiger partial charge in [0.25, 0.3) is 0 Å². The highest BCUT2D eigenvalue weighted by molar-refractivity contribution is 5.81. The molecule has 0 aromatic heterocycles. The Hall–Kier alpha value is -2.04. The number of nitrogens with zero attached hydrogens (tertiary/aromatic N) is 2. The number of carbonyl (C=O) groups excluding carboxylic acids is 1. The van der Waals surface area contributed by atoms with Crippen LogP contribution in [0.5, 0.6) is 0 Å². The first kappa shape index (κ1) is 17.3. The summed E-state index contributed by atoms with van der Waals surface area (Å²) < 4.78 is 0. The number of hydrogen-bond donors (Lipinski definition) is 2. The van der Waals surface area contributed by atoms with Crippen LogP contribution in [0.2, 0.25) is 0 Å². The molecule has 0 saturated carbocycles. The zero-order valence-electron chi connectivity index (χ0n) is 14.2. The molecule has 1 heterocycles. The maximum atomic E-state index is 11.9. The van der Waals surface area contributed by atoms with Crippen molar-refractivity contribution in [1.82, 2.24) is 15.5 Å². The Bertz CT molecular complexity index is 507. The van der Waals surface area contributed by atoms with Gasteiger partial charge in [0.1, 0.15) is 0 Å². The first-order chi connectivity index (χ1) is 11.2. The predicted molar refractivity (Wildman–Crippen MR) is 94.2 cm³/mol. The molecule has 2 N–H and O–H groups in total. The van der Waals surface area contributed by atoms with Crippen molar-refractivity contribution in [3.05, 3.63) is 35.9 Å². The molecule has 1 amide bonds. The van der Waals surface area contributed by atoms with Crippen molar-refractivity contribution in [2.45, 2.75) is 32.7 Å². The van der Waals surface area contributed by atoms with E-state index in [2.05, 4.69) is 27.4 Å². The smallest absolute Gasteiger partial charge is 0.222 e. The number of nitrogens with one attached hydrogen (secondary N) is 2. The molecule has 0 unspecified atom stereocenters. The topological polar surface area (TPSA) is 56.7 Å². The van der Waals surface area contributed by atoms with E-state index in [0.29, 0.717) is 19.5 Å². The van der Waals surface area contributed by atoms with Gasteiger partial charge < -0.3 is 15.5 Å². The molecular weight excluding hydrogens is 288 g/mol. The van der Waals surface area contributed by atoms with Crippen molar-refractivity contribution in [3.63, 3.8) is 0 Å². The van der Waals surface area contributed by atoms with Crippen molar-refractivity contribution < 1.29 is 4.79 Å². The van der Waals surface area contributed by atoms with Crippen molar-refractivity contribution in [2.24, 2.45) is 10.9 Å². The summed E-state index contributed by atoms with van der Waals surface area (Å²) >= 11 is 0. The van der Waals surface area contributed by atoms with E-state index >= 15 is 0 Å². The minimum absolute atomic E-state index is 0.0593. The largest absolute Gasteiger partial charge is 0.356 e. The fraction of sp³-hybridized carbons (Fsp3) is 0.556. The summed E-state index contributed by atoms with van der Waals surface area (Å²) in [7, 11) is 1.80. The average molecular weight is 316 g/mol. The first-order valence-electron chi connectivity index (χ1n) is 8.45. The van der Waals surface area contributed by atoms with Crippen molar-refractivity contribution in [2.75, 3.05) is 26.7 Å². The lowest BCUT2D eigenvalue weighted by molar-refractivity contribution is -0.121. The Kier molecular flexibility index (Phi) is 6.91. The van der Waals surface area contributed by atoms with Crippen LogP contribution in [-0.4, -0.2) is 43.4 Å². The van der Waals surface area contributed by atoms with E-state index in [1.54, 1.807) is 7.05 Å². The van der Waals surface area contributed by atoms with E-state index in [1.165, 1.54) is 12.8 Å². The van der Waals surface area contributed by atoms with E-state index in [-0.39, 0.29) is 5.91 Å². The molecule has 0 bridgehead atoms. The van der Waals surface area contributed by atoms with Gasteiger partial charge in [-0.05, 0) is 24.3 Å². The van der Waals surface area contributed by atoms with E-state index in [9.17, 15) is 4.79 Å². The summed E-state index contributed by atoms with van der Waals surface area (Å²) in [6.07, 6.45) is 2.87. The number of guanidine groups is 1. The summed E-state index contributed by atoms with van der Waals surface area (Å²) in [6, 6.07) is 9.96. The molecule has 23 heavy (non-hydrogen) atoms. The second kappa shape index (κ2) is 9.18. The summed E-state index contributed by atoms with van der Waals surface area (Å²) in [5.41, 5.74) is 1.12. The van der Waals surface area contributed by atoms with Crippen LogP contribution < -0.4 is 10.6 Å². The van der Waals surface area contributed by atoms with Crippen LogP contribution in [0.15, 0.2) is 35.3 Å². The highest BCUT2D eigenvalue weighted by Crippen LogP contribution is 2.15. The second-order valence-corrected chi connectivity index (χ2v) is 6.16. The van der Waals surface area contributed by atoms with Crippen molar-refractivity contribution in [3.8, 4) is 0 Å². The molecule has 1 saturated heterocycles. The normalized spacial score (nSPS) is 16.3. The van der Waals surface area contributed by atoms with Gasteiger partial charge in [0.05, 0.1) is 0 Å². The quantitative estimate of drug-likeness (QED) is 0.645. The molecule has 5 nitrogen and oxygen atoms in total. The number of likely N-dealkylation sites (tertiary alicyclic amines) is 1. The van der Waals surface area contributed by atoms with Gasteiger partial charge in [0.2, 0.25) is 5.91 Å². The van der Waals surface area contributed by atoms with Crippen LogP contribution in [0, 0.1) is 5.92 Å². The number of amides is 1. The van der Waals surface area contributed by atoms with Gasteiger partial charge in [-0.25, -0.2) is 0 Å². The zero-order valence-corrected chi connectivity index (χ0v) is 14.2. The standard InChI is InChI=1S/C18H28N4O/c1-15-9-12-22(13-10-15)18(19-2)20-11-8-17(23)21-14-16-6-4-3-5-7-16/h3-7,15H,8-14H2,1-2H3,(H,19,20)(H,21,23). The van der Waals surface area contributed by atoms with Crippen LogP contribution in [0.25, 0.3) is 0 Å². The monoisotopic (exact) mass is 316 g/mol. The molecule has 1 aromatic carbocycles. The first-order valence-corrected chi connectivity index (χ1v) is 8.45. The summed E-state index contributed by atoms with van der Waals surface area (Å²) in [5, 5.41) is 6.24. The summed E-state index contributed by atoms with van der Waals surface area (Å²) in [6.45, 7) is 5.57. The van der Waals surface area contributed by atoms with E-state index in [4.69, 9.17) is 0 Å². The Morgan fingerprint density at radius 2 is 1.91 bits per heavy atom. The lowest BCUT2D eigenvalue weighted by Gasteiger charge is -2.32. The number of hydrogen-bond acceptors (Lipinski definition) is 2. The van der Waals surface area contributed by atoms with Gasteiger partial charge in [0, 0.05) is 39.6 Å². The molecule has 1 aliphatic heterocycles. The molecule has 0 radical (unpaired) electrons. The molecule has 2 rings (SSSR count). The van der Waals surface area contributed by atoms with Crippen molar-refractivity contribution >= 4 is 11.9 Å². The minimum Gasteiger partial charge on any atom is -0.356 e. The Morgan fingerprint density at radius 3 is 2.57 bits per heavy atom. The summed E-state index contributed by atoms with van der Waals surface area (Å²) in [5.74, 6) is 1.77. The molecule has 5 heteroatoms. The van der Waals surface area contributed by atoms with Crippen LogP contribution in [0.4, 0.5) is 0 Å². The van der Waals surface area contributed by atoms with E-state index in [1.807, 2.05) is 30.3 Å². The number of rotatable bonds is 5. The fourth-order valence-corrected chi connectivity index (χ4v) is 2.73. The van der Waals surface area contributed by atoms with Crippen LogP contribution in [0.3, 0.4) is 0 Å². The highest BCUT2D eigenvalue weighted by Gasteiger charge is 2.18. The van der Waals surface area contributed by atoms with Gasteiger partial charge in [-0.1, -0.05) is 37.3 Å². The second-order valence-electron chi connectivity index (χ2n) is 6.16. The number of carbonyl (C=O) groups is 1. The number of benzene rings is 1. The molecule has 0 atom stereocenters. The molecule has 0 aliphatic carbocycles. The lowest BCUT2D eigenvalue weighted by atomic mass is 10.00. The molecule has 1 aromatic rings. The Labute approximate surface area is 139 Å². The van der Waals surface area contributed by atoms with E-state index in [0.717, 1.165) is 30.5 Å². The maximum absolute atomic E-state index is 11.9. The molecular formula is C18H28N4O. The van der Waals surface area contributed by atoms with Gasteiger partial charge in [-0.2, -0.15) is 0 Å². The molecule has 126 valence electrons. The molecule has 1 aliphatic rings. The zero-order chi connectivity index (χ0) is 16.5. The van der Waals surface area contributed by atoms with Gasteiger partial charge in [-0.15, -0.1) is 0 Å². The van der Waals surface area contributed by atoms with Crippen LogP contribution in [0.1, 0.15) is 31.7 Å². The highest BCUT2D eigenvalue weighted by atomic mass is 16.1. The molecule has 1 fully saturated rings. The number of aliphatic imine (C=N–C) groups is 1. The fourth-order valence-electron chi connectivity index (χ4n) is 2.73. The van der Waals surface area contributed by atoms with E-state index < -0.39 is 0 Å². The van der Waals surface area contributed by atoms with Gasteiger partial charge >= 0.3 is 0 Å². The lowest BCUT2D eigenvalue weighted by Crippen LogP contribution is -2.46. The van der Waals surface area contributed by atoms with Gasteiger partial charge in [0.15, 0.2) is 5.96 Å². The Morgan fingerprint density at radius 1 is 1.22 bits per heavy atom. The van der Waals surface area contributed by atoms with Gasteiger partial charge in [-0.3, -0.25) is 9.79 Å². The van der Waals surface area contributed by atoms with Crippen LogP contribution in [-0.2, 0) is 11.3 Å². The Balaban J connectivity index is 1.66. The summed E-state index contributed by atoms with van der Waals surface area (Å²) in [4.78, 5) is 18.5. The van der Waals surface area contributed by atoms with Crippen molar-refractivity contribution in [1.29, 1.82) is 0 Å². The van der Waals surface area contributed by atoms with Crippen LogP contribution >= 0.6 is 0 Å². The average Bonchev–Trinajstić information content (AvgIpc) is 2.59. The number of piperidine rings is 1. The molecule has 0 spiro atoms. The predicted octanol–water partition coefficient (Wildman–Crippen LogP) is 2.00. The third kappa shape index (κ3) is 5.93. The minimum atomic E-state index is 0.0593. The third-order valence-corrected chi connectivity index (χ3v) is 4.26. The third-order valence-electron chi connectivity index (χ3n) is 4.26.